The van der Waals surface area contributed by atoms with Crippen molar-refractivity contribution in [3.63, 3.8) is 0 Å². The van der Waals surface area contributed by atoms with Crippen LogP contribution in [0.5, 0.6) is 0 Å². The monoisotopic (exact) mass is 232 g/mol. The molecule has 1 rings (SSSR count). The van der Waals surface area contributed by atoms with Crippen molar-refractivity contribution in [2.24, 2.45) is 5.41 Å². The maximum absolute atomic E-state index is 8.95. The lowest BCUT2D eigenvalue weighted by molar-refractivity contribution is 0.329. The van der Waals surface area contributed by atoms with Crippen molar-refractivity contribution < 1.29 is 0 Å². The van der Waals surface area contributed by atoms with E-state index >= 15 is 0 Å². The van der Waals surface area contributed by atoms with Gasteiger partial charge in [-0.05, 0) is 18.4 Å². The van der Waals surface area contributed by atoms with Gasteiger partial charge in [-0.3, -0.25) is 0 Å². The van der Waals surface area contributed by atoms with Crippen LogP contribution in [-0.2, 0) is 0 Å². The number of nitrogens with zero attached hydrogens (tertiary/aromatic N) is 3. The minimum atomic E-state index is 0.117. The number of hydrogen-bond donors (Lipinski definition) is 1. The van der Waals surface area contributed by atoms with Gasteiger partial charge in [0.2, 0.25) is 0 Å². The normalized spacial score (nSPS) is 12.9. The van der Waals surface area contributed by atoms with E-state index in [-0.39, 0.29) is 11.5 Å². The number of pyridine rings is 1. The highest BCUT2D eigenvalue weighted by Gasteiger charge is 2.26. The Morgan fingerprint density at radius 1 is 1.47 bits per heavy atom. The molecule has 1 aromatic rings. The Labute approximate surface area is 103 Å². The highest BCUT2D eigenvalue weighted by atomic mass is 15.2. The van der Waals surface area contributed by atoms with E-state index in [1.807, 2.05) is 11.9 Å². The van der Waals surface area contributed by atoms with Gasteiger partial charge in [0, 0.05) is 19.3 Å². The minimum Gasteiger partial charge on any atom is -0.395 e. The number of nitriles is 1. The summed E-state index contributed by atoms with van der Waals surface area (Å²) in [5, 5.41) is 8.95. The second kappa shape index (κ2) is 4.62. The van der Waals surface area contributed by atoms with Crippen LogP contribution in [0.3, 0.4) is 0 Å². The summed E-state index contributed by atoms with van der Waals surface area (Å²) in [5.74, 6) is 0.673. The van der Waals surface area contributed by atoms with Crippen LogP contribution in [0.4, 0.5) is 11.5 Å². The number of nitrogens with two attached hydrogens (primary N) is 1. The number of anilines is 2. The number of aromatic nitrogens is 1. The van der Waals surface area contributed by atoms with Gasteiger partial charge in [-0.1, -0.05) is 20.8 Å². The Kier molecular flexibility index (Phi) is 3.62. The molecule has 1 unspecified atom stereocenters. The first-order valence-corrected chi connectivity index (χ1v) is 5.66. The smallest absolute Gasteiger partial charge is 0.153 e. The van der Waals surface area contributed by atoms with Crippen LogP contribution in [-0.4, -0.2) is 18.1 Å². The number of hydrogen-bond acceptors (Lipinski definition) is 4. The summed E-state index contributed by atoms with van der Waals surface area (Å²) >= 11 is 0. The van der Waals surface area contributed by atoms with Crippen molar-refractivity contribution in [2.45, 2.75) is 33.7 Å². The van der Waals surface area contributed by atoms with Gasteiger partial charge < -0.3 is 10.6 Å². The third-order valence-corrected chi connectivity index (χ3v) is 3.26. The average Bonchev–Trinajstić information content (AvgIpc) is 2.26. The van der Waals surface area contributed by atoms with Gasteiger partial charge in [0.15, 0.2) is 5.82 Å². The van der Waals surface area contributed by atoms with E-state index in [1.165, 1.54) is 0 Å². The van der Waals surface area contributed by atoms with Crippen molar-refractivity contribution in [3.05, 3.63) is 17.8 Å². The molecule has 1 aromatic heterocycles. The van der Waals surface area contributed by atoms with Gasteiger partial charge in [-0.15, -0.1) is 0 Å². The zero-order valence-corrected chi connectivity index (χ0v) is 11.2. The molecular formula is C13H20N4. The first-order chi connectivity index (χ1) is 7.79. The SMILES string of the molecule is CC(N(C)c1nccc(C#N)c1N)C(C)(C)C. The van der Waals surface area contributed by atoms with Crippen molar-refractivity contribution >= 4 is 11.5 Å². The van der Waals surface area contributed by atoms with Crippen LogP contribution in [0.1, 0.15) is 33.3 Å². The maximum atomic E-state index is 8.95. The molecule has 4 heteroatoms. The third-order valence-electron chi connectivity index (χ3n) is 3.26. The van der Waals surface area contributed by atoms with Gasteiger partial charge in [0.25, 0.3) is 0 Å². The summed E-state index contributed by atoms with van der Waals surface area (Å²) in [4.78, 5) is 6.30. The highest BCUT2D eigenvalue weighted by Crippen LogP contribution is 2.30. The maximum Gasteiger partial charge on any atom is 0.153 e. The van der Waals surface area contributed by atoms with Crippen LogP contribution in [0, 0.1) is 16.7 Å². The predicted molar refractivity (Wildman–Crippen MR) is 70.7 cm³/mol. The second-order valence-corrected chi connectivity index (χ2v) is 5.36. The van der Waals surface area contributed by atoms with Gasteiger partial charge in [-0.25, -0.2) is 4.98 Å². The molecule has 0 spiro atoms. The lowest BCUT2D eigenvalue weighted by atomic mass is 9.87. The molecule has 4 nitrogen and oxygen atoms in total. The van der Waals surface area contributed by atoms with E-state index in [4.69, 9.17) is 11.0 Å². The first-order valence-electron chi connectivity index (χ1n) is 5.66. The van der Waals surface area contributed by atoms with E-state index in [9.17, 15) is 0 Å². The Balaban J connectivity index is 3.14. The molecule has 1 atom stereocenters. The average molecular weight is 232 g/mol. The van der Waals surface area contributed by atoms with E-state index in [2.05, 4.69) is 38.7 Å². The van der Waals surface area contributed by atoms with Crippen molar-refractivity contribution in [1.82, 2.24) is 4.98 Å². The van der Waals surface area contributed by atoms with Gasteiger partial charge in [0.05, 0.1) is 11.3 Å². The molecule has 0 amide bonds. The molecule has 0 saturated carbocycles. The molecule has 0 bridgehead atoms. The van der Waals surface area contributed by atoms with Crippen LogP contribution in [0.2, 0.25) is 0 Å². The molecule has 0 aliphatic heterocycles. The highest BCUT2D eigenvalue weighted by molar-refractivity contribution is 5.70. The molecule has 0 saturated heterocycles. The summed E-state index contributed by atoms with van der Waals surface area (Å²) in [5.41, 5.74) is 6.99. The zero-order valence-electron chi connectivity index (χ0n) is 11.2. The van der Waals surface area contributed by atoms with Gasteiger partial charge in [-0.2, -0.15) is 5.26 Å². The van der Waals surface area contributed by atoms with E-state index in [0.29, 0.717) is 17.1 Å². The van der Waals surface area contributed by atoms with Crippen LogP contribution < -0.4 is 10.6 Å². The standard InChI is InChI=1S/C13H20N4/c1-9(13(2,3)4)17(5)12-11(15)10(8-14)6-7-16-12/h6-7,9H,15H2,1-5H3. The molecule has 0 radical (unpaired) electrons. The van der Waals surface area contributed by atoms with E-state index in [0.717, 1.165) is 0 Å². The Bertz CT molecular complexity index is 440. The summed E-state index contributed by atoms with van der Waals surface area (Å²) in [7, 11) is 1.95. The molecular weight excluding hydrogens is 212 g/mol. The predicted octanol–water partition coefficient (Wildman–Crippen LogP) is 2.41. The van der Waals surface area contributed by atoms with Crippen LogP contribution in [0.25, 0.3) is 0 Å². The molecule has 92 valence electrons. The second-order valence-electron chi connectivity index (χ2n) is 5.36. The topological polar surface area (TPSA) is 65.9 Å². The zero-order chi connectivity index (χ0) is 13.2. The van der Waals surface area contributed by atoms with Gasteiger partial charge in [0.1, 0.15) is 6.07 Å². The first kappa shape index (κ1) is 13.3. The third kappa shape index (κ3) is 2.68. The fourth-order valence-electron chi connectivity index (χ4n) is 1.61. The summed E-state index contributed by atoms with van der Waals surface area (Å²) in [6.07, 6.45) is 1.62. The van der Waals surface area contributed by atoms with E-state index in [1.54, 1.807) is 12.3 Å². The number of rotatable bonds is 2. The molecule has 0 fully saturated rings. The van der Waals surface area contributed by atoms with E-state index < -0.39 is 0 Å². The molecule has 2 N–H and O–H groups in total. The van der Waals surface area contributed by atoms with Gasteiger partial charge >= 0.3 is 0 Å². The fraction of sp³-hybridized carbons (Fsp3) is 0.538. The lowest BCUT2D eigenvalue weighted by Crippen LogP contribution is -2.40. The largest absolute Gasteiger partial charge is 0.395 e. The summed E-state index contributed by atoms with van der Waals surface area (Å²) in [6.45, 7) is 8.62. The fourth-order valence-corrected chi connectivity index (χ4v) is 1.61. The molecule has 0 aliphatic carbocycles. The Morgan fingerprint density at radius 2 is 2.06 bits per heavy atom. The molecule has 1 heterocycles. The summed E-state index contributed by atoms with van der Waals surface area (Å²) in [6, 6.07) is 3.98. The molecule has 0 aliphatic rings. The quantitative estimate of drug-likeness (QED) is 0.850. The lowest BCUT2D eigenvalue weighted by Gasteiger charge is -2.36. The molecule has 17 heavy (non-hydrogen) atoms. The van der Waals surface area contributed by atoms with Crippen molar-refractivity contribution in [2.75, 3.05) is 17.7 Å². The Hall–Kier alpha value is -1.76. The van der Waals surface area contributed by atoms with Crippen molar-refractivity contribution in [1.29, 1.82) is 5.26 Å². The molecule has 0 aromatic carbocycles. The van der Waals surface area contributed by atoms with Crippen molar-refractivity contribution in [3.8, 4) is 6.07 Å². The van der Waals surface area contributed by atoms with Crippen LogP contribution >= 0.6 is 0 Å². The minimum absolute atomic E-state index is 0.117. The summed E-state index contributed by atoms with van der Waals surface area (Å²) < 4.78 is 0. The van der Waals surface area contributed by atoms with Crippen LogP contribution in [0.15, 0.2) is 12.3 Å². The Morgan fingerprint density at radius 3 is 2.53 bits per heavy atom. The number of nitrogen functional groups attached to an aromatic ring is 1.